The quantitative estimate of drug-likeness (QED) is 0.722. The monoisotopic (exact) mass is 401 g/mol. The Morgan fingerprint density at radius 1 is 1.26 bits per heavy atom. The molecule has 4 rings (SSSR count). The lowest BCUT2D eigenvalue weighted by Gasteiger charge is -2.41. The average molecular weight is 401 g/mol. The maximum absolute atomic E-state index is 14.2. The number of pyridine rings is 1. The van der Waals surface area contributed by atoms with Gasteiger partial charge in [-0.1, -0.05) is 6.07 Å². The van der Waals surface area contributed by atoms with Crippen LogP contribution in [0.15, 0.2) is 30.3 Å². The Morgan fingerprint density at radius 2 is 1.96 bits per heavy atom. The minimum atomic E-state index is -3.51. The summed E-state index contributed by atoms with van der Waals surface area (Å²) in [5.41, 5.74) is 1.20. The third-order valence-electron chi connectivity index (χ3n) is 4.92. The van der Waals surface area contributed by atoms with E-state index >= 15 is 0 Å². The summed E-state index contributed by atoms with van der Waals surface area (Å²) in [5, 5.41) is 9.25. The van der Waals surface area contributed by atoms with Crippen LogP contribution in [-0.4, -0.2) is 38.7 Å². The highest BCUT2D eigenvalue weighted by atomic mass is 32.3. The zero-order chi connectivity index (χ0) is 19.6. The van der Waals surface area contributed by atoms with Crippen molar-refractivity contribution in [2.24, 2.45) is 5.92 Å². The summed E-state index contributed by atoms with van der Waals surface area (Å²) in [6.45, 7) is -0.468. The molecule has 1 unspecified atom stereocenters. The molecule has 1 aromatic carbocycles. The Labute approximate surface area is 155 Å². The number of aliphatic hydroxyl groups is 1. The number of anilines is 2. The number of nitrogens with zero attached hydrogens (tertiary/aromatic N) is 3. The van der Waals surface area contributed by atoms with E-state index in [-0.39, 0.29) is 36.6 Å². The van der Waals surface area contributed by atoms with Crippen LogP contribution in [0, 0.1) is 11.7 Å². The Kier molecular flexibility index (Phi) is 4.08. The maximum Gasteiger partial charge on any atom is 0.253 e. The summed E-state index contributed by atoms with van der Waals surface area (Å²) >= 11 is 0. The van der Waals surface area contributed by atoms with Crippen molar-refractivity contribution in [2.45, 2.75) is 19.0 Å². The lowest BCUT2D eigenvalue weighted by Crippen LogP contribution is -2.33. The molecule has 146 valence electrons. The van der Waals surface area contributed by atoms with E-state index in [0.29, 0.717) is 11.3 Å². The van der Waals surface area contributed by atoms with E-state index in [0.717, 1.165) is 8.61 Å². The lowest BCUT2D eigenvalue weighted by atomic mass is 10.1. The minimum absolute atomic E-state index is 0.154. The molecule has 27 heavy (non-hydrogen) atoms. The Hall–Kier alpha value is -2.01. The van der Waals surface area contributed by atoms with E-state index in [2.05, 4.69) is 4.98 Å². The normalized spacial score (nSPS) is 23.3. The molecule has 1 fully saturated rings. The van der Waals surface area contributed by atoms with Gasteiger partial charge in [0.05, 0.1) is 12.3 Å². The summed E-state index contributed by atoms with van der Waals surface area (Å²) in [6, 6.07) is 7.13. The van der Waals surface area contributed by atoms with Crippen LogP contribution in [0.25, 0.3) is 11.3 Å². The highest BCUT2D eigenvalue weighted by Gasteiger charge is 2.59. The summed E-state index contributed by atoms with van der Waals surface area (Å²) in [5.74, 6) is -4.11. The van der Waals surface area contributed by atoms with Crippen LogP contribution in [0.2, 0.25) is 0 Å². The molecule has 1 aromatic heterocycles. The molecule has 10 heteroatoms. The van der Waals surface area contributed by atoms with E-state index < -0.39 is 28.6 Å². The first-order valence-corrected chi connectivity index (χ1v) is 9.69. The smallest absolute Gasteiger partial charge is 0.253 e. The molecule has 1 atom stereocenters. The Morgan fingerprint density at radius 3 is 2.59 bits per heavy atom. The SMILES string of the molecule is CN1c2nc(-c3cc(CO)ccc3F)ccc2N(CC2CC2(F)F)S1(O)O. The zero-order valence-electron chi connectivity index (χ0n) is 14.3. The maximum atomic E-state index is 14.2. The van der Waals surface area contributed by atoms with Gasteiger partial charge in [-0.3, -0.25) is 9.11 Å². The summed E-state index contributed by atoms with van der Waals surface area (Å²) in [6.07, 6.45) is -0.289. The van der Waals surface area contributed by atoms with Gasteiger partial charge in [0.2, 0.25) is 0 Å². The number of aromatic nitrogens is 1. The lowest BCUT2D eigenvalue weighted by molar-refractivity contribution is 0.101. The van der Waals surface area contributed by atoms with Crippen molar-refractivity contribution >= 4 is 22.5 Å². The van der Waals surface area contributed by atoms with Crippen LogP contribution in [0.5, 0.6) is 0 Å². The summed E-state index contributed by atoms with van der Waals surface area (Å²) < 4.78 is 64.1. The molecule has 2 heterocycles. The van der Waals surface area contributed by atoms with E-state index in [1.54, 1.807) is 0 Å². The second kappa shape index (κ2) is 5.99. The molecule has 0 saturated heterocycles. The summed E-state index contributed by atoms with van der Waals surface area (Å²) in [7, 11) is -2.12. The van der Waals surface area contributed by atoms with Gasteiger partial charge in [-0.05, 0) is 40.8 Å². The van der Waals surface area contributed by atoms with Crippen LogP contribution < -0.4 is 8.61 Å². The number of rotatable bonds is 4. The Balaban J connectivity index is 1.73. The first-order chi connectivity index (χ1) is 12.6. The van der Waals surface area contributed by atoms with Gasteiger partial charge in [-0.15, -0.1) is 0 Å². The van der Waals surface area contributed by atoms with Gasteiger partial charge in [-0.25, -0.2) is 26.8 Å². The molecule has 6 nitrogen and oxygen atoms in total. The molecule has 0 radical (unpaired) electrons. The van der Waals surface area contributed by atoms with Crippen molar-refractivity contribution in [3.8, 4) is 11.3 Å². The molecule has 2 aliphatic rings. The van der Waals surface area contributed by atoms with Crippen molar-refractivity contribution in [3.63, 3.8) is 0 Å². The topological polar surface area (TPSA) is 80.1 Å². The van der Waals surface area contributed by atoms with E-state index in [1.165, 1.54) is 37.4 Å². The average Bonchev–Trinajstić information content (AvgIpc) is 3.19. The van der Waals surface area contributed by atoms with Crippen molar-refractivity contribution in [1.29, 1.82) is 0 Å². The van der Waals surface area contributed by atoms with Gasteiger partial charge >= 0.3 is 0 Å². The molecule has 1 saturated carbocycles. The van der Waals surface area contributed by atoms with Crippen molar-refractivity contribution in [3.05, 3.63) is 41.7 Å². The molecule has 2 aromatic rings. The van der Waals surface area contributed by atoms with Gasteiger partial charge in [0, 0.05) is 31.5 Å². The minimum Gasteiger partial charge on any atom is -0.392 e. The number of hydrogen-bond acceptors (Lipinski definition) is 6. The number of halogens is 3. The van der Waals surface area contributed by atoms with E-state index in [4.69, 9.17) is 0 Å². The predicted octanol–water partition coefficient (Wildman–Crippen LogP) is 3.87. The molecule has 3 N–H and O–H groups in total. The molecule has 1 aliphatic heterocycles. The first-order valence-electron chi connectivity index (χ1n) is 8.23. The highest BCUT2D eigenvalue weighted by Crippen LogP contribution is 2.62. The standard InChI is InChI=1S/C17H18F3N3O3S/c1-22-16-15(23(27(22,25)26)8-11-7-17(11,19)20)5-4-14(21-16)12-6-10(9-24)2-3-13(12)18/h2-6,11,24-26H,7-9H2,1H3. The van der Waals surface area contributed by atoms with Crippen molar-refractivity contribution in [1.82, 2.24) is 4.98 Å². The zero-order valence-corrected chi connectivity index (χ0v) is 15.1. The van der Waals surface area contributed by atoms with Crippen molar-refractivity contribution < 1.29 is 27.4 Å². The molecular weight excluding hydrogens is 383 g/mol. The fourth-order valence-electron chi connectivity index (χ4n) is 3.15. The van der Waals surface area contributed by atoms with E-state index in [1.807, 2.05) is 0 Å². The van der Waals surface area contributed by atoms with Gasteiger partial charge in [-0.2, -0.15) is 0 Å². The molecule has 0 spiro atoms. The third kappa shape index (κ3) is 2.92. The number of aliphatic hydroxyl groups excluding tert-OH is 1. The fraction of sp³-hybridized carbons (Fsp3) is 0.353. The molecule has 1 aliphatic carbocycles. The second-order valence-corrected chi connectivity index (χ2v) is 8.69. The van der Waals surface area contributed by atoms with Gasteiger partial charge in [0.1, 0.15) is 11.5 Å². The molecule has 0 amide bonds. The van der Waals surface area contributed by atoms with Gasteiger partial charge in [0.25, 0.3) is 5.92 Å². The number of fused-ring (bicyclic) bond motifs is 1. The highest BCUT2D eigenvalue weighted by molar-refractivity contribution is 8.26. The fourth-order valence-corrected chi connectivity index (χ4v) is 4.59. The van der Waals surface area contributed by atoms with Gasteiger partial charge in [0.15, 0.2) is 5.82 Å². The van der Waals surface area contributed by atoms with Crippen molar-refractivity contribution in [2.75, 3.05) is 22.2 Å². The number of hydrogen-bond donors (Lipinski definition) is 3. The van der Waals surface area contributed by atoms with Crippen LogP contribution in [0.3, 0.4) is 0 Å². The predicted molar refractivity (Wildman–Crippen MR) is 97.2 cm³/mol. The number of alkyl halides is 2. The Bertz CT molecular complexity index is 912. The number of benzene rings is 1. The van der Waals surface area contributed by atoms with Crippen LogP contribution in [-0.2, 0) is 6.61 Å². The molecular formula is C17H18F3N3O3S. The van der Waals surface area contributed by atoms with Gasteiger partial charge < -0.3 is 5.11 Å². The van der Waals surface area contributed by atoms with Crippen LogP contribution in [0.1, 0.15) is 12.0 Å². The van der Waals surface area contributed by atoms with E-state index in [9.17, 15) is 27.4 Å². The largest absolute Gasteiger partial charge is 0.392 e. The van der Waals surface area contributed by atoms with Crippen LogP contribution in [0.4, 0.5) is 24.7 Å². The first kappa shape index (κ1) is 18.4. The third-order valence-corrected chi connectivity index (χ3v) is 6.76. The van der Waals surface area contributed by atoms with Crippen LogP contribution >= 0.6 is 11.0 Å². The molecule has 0 bridgehead atoms. The second-order valence-electron chi connectivity index (χ2n) is 6.72. The summed E-state index contributed by atoms with van der Waals surface area (Å²) in [4.78, 5) is 4.33.